The quantitative estimate of drug-likeness (QED) is 0.456. The maximum atomic E-state index is 11.2. The van der Waals surface area contributed by atoms with Gasteiger partial charge in [-0.1, -0.05) is 6.92 Å². The number of nitrogens with two attached hydrogens (primary N) is 1. The molecule has 0 aliphatic carbocycles. The van der Waals surface area contributed by atoms with Gasteiger partial charge in [-0.05, 0) is 13.3 Å². The van der Waals surface area contributed by atoms with Gasteiger partial charge in [0.25, 0.3) is 0 Å². The number of ether oxygens (including phenoxy) is 1. The van der Waals surface area contributed by atoms with Crippen molar-refractivity contribution < 1.29 is 8.95 Å². The lowest BCUT2D eigenvalue weighted by atomic mass is 10.3. The van der Waals surface area contributed by atoms with E-state index in [4.69, 9.17) is 10.6 Å². The van der Waals surface area contributed by atoms with Gasteiger partial charge >= 0.3 is 6.01 Å². The fourth-order valence-corrected chi connectivity index (χ4v) is 1.70. The Hall–Kier alpha value is -1.48. The summed E-state index contributed by atoms with van der Waals surface area (Å²) in [5.41, 5.74) is 2.35. The van der Waals surface area contributed by atoms with Crippen molar-refractivity contribution in [1.29, 1.82) is 0 Å². The first kappa shape index (κ1) is 15.6. The zero-order valence-corrected chi connectivity index (χ0v) is 12.2. The maximum Gasteiger partial charge on any atom is 0.323 e. The van der Waals surface area contributed by atoms with E-state index in [1.165, 1.54) is 0 Å². The van der Waals surface area contributed by atoms with Crippen molar-refractivity contribution in [2.24, 2.45) is 5.84 Å². The Labute approximate surface area is 115 Å². The summed E-state index contributed by atoms with van der Waals surface area (Å²) >= 11 is 0. The van der Waals surface area contributed by atoms with Crippen LogP contribution < -0.4 is 21.3 Å². The summed E-state index contributed by atoms with van der Waals surface area (Å²) in [6.45, 7) is 4.84. The molecule has 1 aromatic rings. The van der Waals surface area contributed by atoms with Crippen molar-refractivity contribution in [3.63, 3.8) is 0 Å². The van der Waals surface area contributed by atoms with Crippen LogP contribution in [0.1, 0.15) is 20.3 Å². The molecule has 108 valence electrons. The van der Waals surface area contributed by atoms with Crippen molar-refractivity contribution >= 4 is 22.7 Å². The van der Waals surface area contributed by atoms with E-state index in [0.29, 0.717) is 19.1 Å². The van der Waals surface area contributed by atoms with Crippen molar-refractivity contribution in [3.05, 3.63) is 0 Å². The summed E-state index contributed by atoms with van der Waals surface area (Å²) in [6, 6.07) is 0.208. The molecule has 0 fully saturated rings. The van der Waals surface area contributed by atoms with Gasteiger partial charge in [0.15, 0.2) is 0 Å². The molecule has 0 saturated carbocycles. The normalized spacial score (nSPS) is 13.7. The van der Waals surface area contributed by atoms with Crippen LogP contribution in [-0.4, -0.2) is 43.8 Å². The molecule has 8 nitrogen and oxygen atoms in total. The highest BCUT2D eigenvalue weighted by molar-refractivity contribution is 7.84. The molecule has 0 amide bonds. The van der Waals surface area contributed by atoms with Crippen LogP contribution in [0.15, 0.2) is 0 Å². The third-order valence-electron chi connectivity index (χ3n) is 2.42. The SMILES string of the molecule is CCOc1nc(NN)nc(NCCC(C)S(C)=O)n1. The predicted molar refractivity (Wildman–Crippen MR) is 75.4 cm³/mol. The standard InChI is InChI=1S/C10H20N6O2S/c1-4-18-10-14-8(13-9(15-10)16-11)12-6-5-7(2)19(3)17/h7H,4-6,11H2,1-3H3,(H2,12,13,14,15,16). The predicted octanol–water partition coefficient (Wildman–Crippen LogP) is 0.125. The Kier molecular flexibility index (Phi) is 6.43. The zero-order chi connectivity index (χ0) is 14.3. The number of nitrogens with zero attached hydrogens (tertiary/aromatic N) is 3. The van der Waals surface area contributed by atoms with Crippen LogP contribution in [0.2, 0.25) is 0 Å². The number of rotatable bonds is 8. The lowest BCUT2D eigenvalue weighted by Crippen LogP contribution is -2.18. The second-order valence-corrected chi connectivity index (χ2v) is 5.67. The van der Waals surface area contributed by atoms with E-state index < -0.39 is 10.8 Å². The zero-order valence-electron chi connectivity index (χ0n) is 11.3. The third kappa shape index (κ3) is 5.35. The Morgan fingerprint density at radius 1 is 1.37 bits per heavy atom. The van der Waals surface area contributed by atoms with Gasteiger partial charge in [-0.25, -0.2) is 5.84 Å². The van der Waals surface area contributed by atoms with Gasteiger partial charge in [0.2, 0.25) is 11.9 Å². The Morgan fingerprint density at radius 2 is 2.05 bits per heavy atom. The molecular weight excluding hydrogens is 268 g/mol. The second kappa shape index (κ2) is 7.85. The van der Waals surface area contributed by atoms with E-state index >= 15 is 0 Å². The largest absolute Gasteiger partial charge is 0.464 e. The summed E-state index contributed by atoms with van der Waals surface area (Å²) < 4.78 is 16.4. The summed E-state index contributed by atoms with van der Waals surface area (Å²) in [4.78, 5) is 12.1. The highest BCUT2D eigenvalue weighted by Crippen LogP contribution is 2.10. The van der Waals surface area contributed by atoms with Gasteiger partial charge in [-0.3, -0.25) is 9.63 Å². The van der Waals surface area contributed by atoms with Gasteiger partial charge in [0, 0.05) is 28.9 Å². The molecule has 1 rings (SSSR count). The van der Waals surface area contributed by atoms with Crippen LogP contribution in [0.3, 0.4) is 0 Å². The fraction of sp³-hybridized carbons (Fsp3) is 0.700. The summed E-state index contributed by atoms with van der Waals surface area (Å²) in [7, 11) is -0.832. The van der Waals surface area contributed by atoms with Crippen LogP contribution >= 0.6 is 0 Å². The van der Waals surface area contributed by atoms with Gasteiger partial charge in [0.1, 0.15) is 0 Å². The van der Waals surface area contributed by atoms with Crippen molar-refractivity contribution in [1.82, 2.24) is 15.0 Å². The molecule has 4 N–H and O–H groups in total. The second-order valence-electron chi connectivity index (χ2n) is 3.87. The van der Waals surface area contributed by atoms with Crippen LogP contribution in [0.4, 0.5) is 11.9 Å². The number of anilines is 2. The first-order valence-electron chi connectivity index (χ1n) is 5.98. The average molecular weight is 288 g/mol. The number of hydrogen-bond donors (Lipinski definition) is 3. The Bertz CT molecular complexity index is 430. The summed E-state index contributed by atoms with van der Waals surface area (Å²) in [5.74, 6) is 5.88. The highest BCUT2D eigenvalue weighted by Gasteiger charge is 2.08. The minimum absolute atomic E-state index is 0.118. The van der Waals surface area contributed by atoms with E-state index in [2.05, 4.69) is 25.7 Å². The van der Waals surface area contributed by atoms with E-state index in [1.54, 1.807) is 6.26 Å². The first-order chi connectivity index (χ1) is 9.06. The molecular formula is C10H20N6O2S. The lowest BCUT2D eigenvalue weighted by Gasteiger charge is -2.10. The molecule has 1 aromatic heterocycles. The van der Waals surface area contributed by atoms with Crippen LogP contribution in [0.5, 0.6) is 6.01 Å². The molecule has 2 unspecified atom stereocenters. The molecule has 9 heteroatoms. The minimum atomic E-state index is -0.832. The van der Waals surface area contributed by atoms with Crippen LogP contribution in [0, 0.1) is 0 Å². The summed E-state index contributed by atoms with van der Waals surface area (Å²) in [5, 5.41) is 3.15. The van der Waals surface area contributed by atoms with E-state index in [9.17, 15) is 4.21 Å². The molecule has 0 aliphatic rings. The smallest absolute Gasteiger partial charge is 0.323 e. The number of hydrazine groups is 1. The highest BCUT2D eigenvalue weighted by atomic mass is 32.2. The van der Waals surface area contributed by atoms with Gasteiger partial charge in [0.05, 0.1) is 6.61 Å². The Morgan fingerprint density at radius 3 is 2.63 bits per heavy atom. The number of aromatic nitrogens is 3. The maximum absolute atomic E-state index is 11.2. The molecule has 0 saturated heterocycles. The molecule has 0 aliphatic heterocycles. The van der Waals surface area contributed by atoms with Gasteiger partial charge < -0.3 is 10.1 Å². The number of nitrogen functional groups attached to an aromatic ring is 1. The summed E-state index contributed by atoms with van der Waals surface area (Å²) in [6.07, 6.45) is 2.45. The average Bonchev–Trinajstić information content (AvgIpc) is 2.38. The molecule has 1 heterocycles. The monoisotopic (exact) mass is 288 g/mol. The molecule has 0 spiro atoms. The van der Waals surface area contributed by atoms with Crippen LogP contribution in [-0.2, 0) is 10.8 Å². The lowest BCUT2D eigenvalue weighted by molar-refractivity contribution is 0.312. The third-order valence-corrected chi connectivity index (χ3v) is 3.79. The minimum Gasteiger partial charge on any atom is -0.464 e. The topological polar surface area (TPSA) is 115 Å². The van der Waals surface area contributed by atoms with Crippen molar-refractivity contribution in [2.75, 3.05) is 30.1 Å². The first-order valence-corrected chi connectivity index (χ1v) is 7.60. The van der Waals surface area contributed by atoms with E-state index in [-0.39, 0.29) is 17.2 Å². The van der Waals surface area contributed by atoms with Gasteiger partial charge in [-0.2, -0.15) is 15.0 Å². The molecule has 0 aromatic carbocycles. The van der Waals surface area contributed by atoms with Crippen molar-refractivity contribution in [3.8, 4) is 6.01 Å². The van der Waals surface area contributed by atoms with E-state index in [1.807, 2.05) is 13.8 Å². The van der Waals surface area contributed by atoms with E-state index in [0.717, 1.165) is 6.42 Å². The number of hydrogen-bond acceptors (Lipinski definition) is 8. The molecule has 19 heavy (non-hydrogen) atoms. The molecule has 0 bridgehead atoms. The Balaban J connectivity index is 2.61. The molecule has 0 radical (unpaired) electrons. The number of nitrogens with one attached hydrogen (secondary N) is 2. The van der Waals surface area contributed by atoms with Gasteiger partial charge in [-0.15, -0.1) is 0 Å². The molecule has 2 atom stereocenters. The van der Waals surface area contributed by atoms with Crippen LogP contribution in [0.25, 0.3) is 0 Å². The fourth-order valence-electron chi connectivity index (χ4n) is 1.25. The van der Waals surface area contributed by atoms with Crippen molar-refractivity contribution in [2.45, 2.75) is 25.5 Å².